The highest BCUT2D eigenvalue weighted by Gasteiger charge is 2.51. The predicted molar refractivity (Wildman–Crippen MR) is 260 cm³/mol. The highest BCUT2D eigenvalue weighted by Crippen LogP contribution is 2.66. The van der Waals surface area contributed by atoms with Crippen LogP contribution in [0.1, 0.15) is 101 Å². The van der Waals surface area contributed by atoms with Gasteiger partial charge in [-0.1, -0.05) is 123 Å². The van der Waals surface area contributed by atoms with Crippen LogP contribution in [-0.2, 0) is 21.7 Å². The number of aromatic nitrogens is 2. The monoisotopic (exact) mass is 823 g/mol. The van der Waals surface area contributed by atoms with Crippen molar-refractivity contribution in [1.82, 2.24) is 9.55 Å². The lowest BCUT2D eigenvalue weighted by atomic mass is 9.61. The summed E-state index contributed by atoms with van der Waals surface area (Å²) in [5.41, 5.74) is 17.7. The summed E-state index contributed by atoms with van der Waals surface area (Å²) in [4.78, 5) is 12.2. The van der Waals surface area contributed by atoms with Gasteiger partial charge in [-0.2, -0.15) is 0 Å². The Balaban J connectivity index is 0.880. The van der Waals surface area contributed by atoms with Crippen LogP contribution in [0.25, 0.3) is 27.6 Å². The van der Waals surface area contributed by atoms with Gasteiger partial charge in [0.25, 0.3) is 0 Å². The number of pyridine rings is 1. The number of anilines is 5. The van der Waals surface area contributed by atoms with Crippen molar-refractivity contribution in [3.05, 3.63) is 185 Å². The van der Waals surface area contributed by atoms with Crippen LogP contribution >= 0.6 is 0 Å². The van der Waals surface area contributed by atoms with Gasteiger partial charge in [0.05, 0.1) is 34.8 Å². The third-order valence-corrected chi connectivity index (χ3v) is 14.8. The van der Waals surface area contributed by atoms with E-state index in [-0.39, 0.29) is 21.7 Å². The molecular formula is C57H53N5O. The van der Waals surface area contributed by atoms with Gasteiger partial charge in [-0.05, 0) is 99.0 Å². The van der Waals surface area contributed by atoms with E-state index >= 15 is 0 Å². The zero-order chi connectivity index (χ0) is 43.4. The van der Waals surface area contributed by atoms with E-state index < -0.39 is 0 Å². The van der Waals surface area contributed by atoms with Crippen LogP contribution < -0.4 is 19.4 Å². The first-order chi connectivity index (χ1) is 30.1. The molecule has 63 heavy (non-hydrogen) atoms. The summed E-state index contributed by atoms with van der Waals surface area (Å²) in [6, 6.07) is 46.7. The molecule has 4 aliphatic rings. The topological polar surface area (TPSA) is 36.8 Å². The molecule has 0 saturated heterocycles. The zero-order valence-electron chi connectivity index (χ0n) is 37.7. The van der Waals surface area contributed by atoms with E-state index in [1.54, 1.807) is 0 Å². The number of benzene rings is 6. The smallest absolute Gasteiger partial charge is 0.137 e. The summed E-state index contributed by atoms with van der Waals surface area (Å²) in [6.45, 7) is 21.9. The predicted octanol–water partition coefficient (Wildman–Crippen LogP) is 14.4. The van der Waals surface area contributed by atoms with E-state index in [4.69, 9.17) is 9.72 Å². The van der Waals surface area contributed by atoms with E-state index in [9.17, 15) is 0 Å². The number of hydrogen-bond donors (Lipinski definition) is 0. The van der Waals surface area contributed by atoms with Gasteiger partial charge in [0.15, 0.2) is 0 Å². The molecule has 312 valence electrons. The molecule has 0 spiro atoms. The number of nitrogens with zero attached hydrogens (tertiary/aromatic N) is 5. The Kier molecular flexibility index (Phi) is 7.62. The molecule has 2 aromatic heterocycles. The minimum Gasteiger partial charge on any atom is -0.457 e. The fourth-order valence-corrected chi connectivity index (χ4v) is 11.2. The highest BCUT2D eigenvalue weighted by molar-refractivity contribution is 6.09. The average molecular weight is 824 g/mol. The highest BCUT2D eigenvalue weighted by atomic mass is 16.5. The maximum atomic E-state index is 6.70. The van der Waals surface area contributed by atoms with E-state index in [0.29, 0.717) is 6.67 Å². The minimum absolute atomic E-state index is 0.00216. The number of hydrogen-bond acceptors (Lipinski definition) is 5. The number of fused-ring (bicyclic) bond motifs is 3. The summed E-state index contributed by atoms with van der Waals surface area (Å²) in [6.07, 6.45) is 6.35. The average Bonchev–Trinajstić information content (AvgIpc) is 3.89. The Labute approximate surface area is 370 Å². The molecule has 0 saturated carbocycles. The van der Waals surface area contributed by atoms with Gasteiger partial charge in [-0.25, -0.2) is 4.98 Å². The Hall–Kier alpha value is -6.79. The second-order valence-corrected chi connectivity index (χ2v) is 20.7. The van der Waals surface area contributed by atoms with Gasteiger partial charge in [0.2, 0.25) is 0 Å². The Morgan fingerprint density at radius 2 is 1.06 bits per heavy atom. The molecule has 12 rings (SSSR count). The molecule has 0 radical (unpaired) electrons. The van der Waals surface area contributed by atoms with Crippen molar-refractivity contribution in [1.29, 1.82) is 0 Å². The third-order valence-electron chi connectivity index (χ3n) is 14.8. The minimum atomic E-state index is -0.197. The zero-order valence-corrected chi connectivity index (χ0v) is 37.7. The molecule has 6 heterocycles. The molecule has 0 fully saturated rings. The van der Waals surface area contributed by atoms with Crippen LogP contribution in [0.5, 0.6) is 11.5 Å². The van der Waals surface area contributed by atoms with Crippen molar-refractivity contribution in [2.45, 2.75) is 84.0 Å². The van der Waals surface area contributed by atoms with Gasteiger partial charge in [0.1, 0.15) is 17.3 Å². The summed E-state index contributed by atoms with van der Waals surface area (Å²) < 4.78 is 8.96. The van der Waals surface area contributed by atoms with Crippen molar-refractivity contribution >= 4 is 50.2 Å². The quantitative estimate of drug-likeness (QED) is 0.173. The molecule has 0 amide bonds. The molecule has 6 nitrogen and oxygen atoms in total. The maximum absolute atomic E-state index is 6.70. The largest absolute Gasteiger partial charge is 0.457 e. The standard InChI is InChI=1S/C57H53N5O/c1-54(2,3)35-25-26-58-50(29-35)61-48-22-11-10-17-40(48)41-24-23-39(33-49(41)61)63-38-16-12-15-36(30-38)59-27-28-60(34-59)37-31-46-53-47(32-37)57(8,9)45-21-14-19-43-52(45)62(53)51-42(55(43,4)5)18-13-20-44(51)56(46,6)7/h10-33H,34H2,1-9H3. The van der Waals surface area contributed by atoms with Crippen molar-refractivity contribution in [3.63, 3.8) is 0 Å². The molecule has 0 unspecified atom stereocenters. The lowest BCUT2D eigenvalue weighted by molar-refractivity contribution is 0.483. The fraction of sp³-hybridized carbons (Fsp3) is 0.246. The van der Waals surface area contributed by atoms with E-state index in [1.165, 1.54) is 72.5 Å². The van der Waals surface area contributed by atoms with Gasteiger partial charge in [-0.3, -0.25) is 4.57 Å². The fourth-order valence-electron chi connectivity index (χ4n) is 11.2. The SMILES string of the molecule is CC(C)(C)c1ccnc(-n2c3ccccc3c3ccc(Oc4cccc(N5C=CN(c6cc7c8c(c6)C(C)(C)c6cccc9c6N8c6c(cccc6C7(C)C)C9(C)C)C5)c4)cc32)c1. The molecule has 6 aromatic carbocycles. The van der Waals surface area contributed by atoms with Crippen LogP contribution in [0.3, 0.4) is 0 Å². The van der Waals surface area contributed by atoms with E-state index in [1.807, 2.05) is 12.3 Å². The second kappa shape index (κ2) is 12.7. The van der Waals surface area contributed by atoms with Crippen LogP contribution in [0.4, 0.5) is 28.4 Å². The van der Waals surface area contributed by atoms with E-state index in [2.05, 4.69) is 215 Å². The van der Waals surface area contributed by atoms with Crippen LogP contribution in [0, 0.1) is 0 Å². The molecule has 0 bridgehead atoms. The van der Waals surface area contributed by atoms with Crippen molar-refractivity contribution < 1.29 is 4.74 Å². The first-order valence-electron chi connectivity index (χ1n) is 22.4. The number of para-hydroxylation sites is 3. The van der Waals surface area contributed by atoms with Gasteiger partial charge in [-0.15, -0.1) is 0 Å². The van der Waals surface area contributed by atoms with Crippen LogP contribution in [0.2, 0.25) is 0 Å². The summed E-state index contributed by atoms with van der Waals surface area (Å²) in [5.74, 6) is 2.47. The Bertz CT molecular complexity index is 3190. The molecule has 4 aliphatic heterocycles. The Morgan fingerprint density at radius 1 is 0.508 bits per heavy atom. The van der Waals surface area contributed by atoms with Crippen molar-refractivity contribution in [3.8, 4) is 17.3 Å². The number of rotatable bonds is 5. The van der Waals surface area contributed by atoms with Gasteiger partial charge >= 0.3 is 0 Å². The summed E-state index contributed by atoms with van der Waals surface area (Å²) >= 11 is 0. The van der Waals surface area contributed by atoms with Crippen molar-refractivity contribution in [2.75, 3.05) is 21.4 Å². The van der Waals surface area contributed by atoms with Gasteiger partial charge < -0.3 is 19.4 Å². The van der Waals surface area contributed by atoms with Gasteiger partial charge in [0, 0.05) is 69.1 Å². The maximum Gasteiger partial charge on any atom is 0.137 e. The summed E-state index contributed by atoms with van der Waals surface area (Å²) in [5, 5.41) is 2.36. The molecule has 0 aliphatic carbocycles. The van der Waals surface area contributed by atoms with Crippen molar-refractivity contribution in [2.24, 2.45) is 0 Å². The third kappa shape index (κ3) is 5.27. The van der Waals surface area contributed by atoms with E-state index in [0.717, 1.165) is 34.0 Å². The van der Waals surface area contributed by atoms with Crippen LogP contribution in [-0.4, -0.2) is 16.2 Å². The molecule has 0 atom stereocenters. The lowest BCUT2D eigenvalue weighted by Crippen LogP contribution is -2.43. The first-order valence-corrected chi connectivity index (χ1v) is 22.4. The molecule has 0 N–H and O–H groups in total. The normalized spacial score (nSPS) is 17.1. The molecule has 8 aromatic rings. The molecule has 6 heteroatoms. The number of ether oxygens (including phenoxy) is 1. The van der Waals surface area contributed by atoms with Crippen LogP contribution in [0.15, 0.2) is 146 Å². The molecular weight excluding hydrogens is 771 g/mol. The Morgan fingerprint density at radius 3 is 1.71 bits per heavy atom. The first kappa shape index (κ1) is 37.9. The lowest BCUT2D eigenvalue weighted by Gasteiger charge is -2.55. The second-order valence-electron chi connectivity index (χ2n) is 20.7. The summed E-state index contributed by atoms with van der Waals surface area (Å²) in [7, 11) is 0.